The van der Waals surface area contributed by atoms with Crippen molar-refractivity contribution in [2.75, 3.05) is 97.3 Å². The maximum Gasteiger partial charge on any atom is 0.119 e. The van der Waals surface area contributed by atoms with Gasteiger partial charge in [-0.15, -0.1) is 0 Å². The van der Waals surface area contributed by atoms with Crippen LogP contribution in [0.4, 0.5) is 5.69 Å². The van der Waals surface area contributed by atoms with E-state index in [4.69, 9.17) is 28.4 Å². The van der Waals surface area contributed by atoms with Crippen LogP contribution in [0.25, 0.3) is 0 Å². The number of benzene rings is 5. The first-order valence-electron chi connectivity index (χ1n) is 40.4. The lowest BCUT2D eigenvalue weighted by Crippen LogP contribution is -2.52. The van der Waals surface area contributed by atoms with Crippen molar-refractivity contribution in [1.29, 1.82) is 0 Å². The number of nitrogens with zero attached hydrogens (tertiary/aromatic N) is 4. The number of anilines is 1. The Morgan fingerprint density at radius 2 is 0.885 bits per heavy atom. The molecule has 0 amide bonds. The molecule has 7 aliphatic rings. The number of para-hydroxylation sites is 1. The molecule has 0 aromatic heterocycles. The van der Waals surface area contributed by atoms with Crippen molar-refractivity contribution in [3.63, 3.8) is 0 Å². The first-order chi connectivity index (χ1) is 49.7. The molecule has 14 nitrogen and oxygen atoms in total. The molecule has 12 rings (SSSR count). The number of aliphatic hydroxyl groups excluding tert-OH is 3. The first-order valence-corrected chi connectivity index (χ1v) is 40.4. The van der Waals surface area contributed by atoms with Gasteiger partial charge in [0.2, 0.25) is 0 Å². The van der Waals surface area contributed by atoms with Gasteiger partial charge in [0.05, 0.1) is 69.7 Å². The van der Waals surface area contributed by atoms with Crippen LogP contribution < -0.4 is 19.7 Å². The van der Waals surface area contributed by atoms with E-state index in [0.29, 0.717) is 112 Å². The Labute approximate surface area is 630 Å². The van der Waals surface area contributed by atoms with Crippen LogP contribution in [0.15, 0.2) is 127 Å². The second-order valence-electron chi connectivity index (χ2n) is 33.3. The van der Waals surface area contributed by atoms with Gasteiger partial charge in [0, 0.05) is 90.3 Å². The molecule has 5 aromatic rings. The lowest BCUT2D eigenvalue weighted by molar-refractivity contribution is -0.0788. The molecule has 3 saturated carbocycles. The van der Waals surface area contributed by atoms with Crippen molar-refractivity contribution >= 4 is 5.69 Å². The Hall–Kier alpha value is -4.94. The number of nitrogens with one attached hydrogen (secondary N) is 1. The quantitative estimate of drug-likeness (QED) is 0.0396. The van der Waals surface area contributed by atoms with Crippen molar-refractivity contribution < 1.29 is 43.7 Å². The predicted octanol–water partition coefficient (Wildman–Crippen LogP) is 16.0. The third-order valence-corrected chi connectivity index (χ3v) is 23.3. The summed E-state index contributed by atoms with van der Waals surface area (Å²) in [5, 5.41) is 35.1. The van der Waals surface area contributed by atoms with Gasteiger partial charge in [0.15, 0.2) is 0 Å². The van der Waals surface area contributed by atoms with E-state index >= 15 is 0 Å². The number of morpholine rings is 1. The summed E-state index contributed by atoms with van der Waals surface area (Å²) >= 11 is 0. The van der Waals surface area contributed by atoms with Crippen molar-refractivity contribution in [2.45, 2.75) is 242 Å². The number of aryl methyl sites for hydroxylation is 1. The Morgan fingerprint density at radius 1 is 0.452 bits per heavy atom. The average Bonchev–Trinajstić information content (AvgIpc) is 0.844. The largest absolute Gasteiger partial charge is 0.497 e. The van der Waals surface area contributed by atoms with Crippen LogP contribution in [0, 0.1) is 53.3 Å². The van der Waals surface area contributed by atoms with Crippen molar-refractivity contribution in [2.24, 2.45) is 53.3 Å². The van der Waals surface area contributed by atoms with E-state index < -0.39 is 18.3 Å². The van der Waals surface area contributed by atoms with E-state index in [0.717, 1.165) is 127 Å². The summed E-state index contributed by atoms with van der Waals surface area (Å²) in [7, 11) is 1.64. The van der Waals surface area contributed by atoms with Gasteiger partial charge in [-0.25, -0.2) is 0 Å². The molecular formula is C90H141N5O9. The molecule has 4 heterocycles. The highest BCUT2D eigenvalue weighted by atomic mass is 16.5. The number of hydrogen-bond donors (Lipinski definition) is 4. The summed E-state index contributed by atoms with van der Waals surface area (Å²) in [6.45, 7) is 38.2. The maximum absolute atomic E-state index is 10.6. The highest BCUT2D eigenvalue weighted by Gasteiger charge is 2.36. The van der Waals surface area contributed by atoms with Crippen LogP contribution in [-0.2, 0) is 57.8 Å². The molecule has 3 aliphatic carbocycles. The zero-order valence-electron chi connectivity index (χ0n) is 65.6. The monoisotopic (exact) mass is 1440 g/mol. The molecule has 15 unspecified atom stereocenters. The lowest BCUT2D eigenvalue weighted by atomic mass is 9.75. The fourth-order valence-electron chi connectivity index (χ4n) is 17.5. The number of rotatable bonds is 27. The van der Waals surface area contributed by atoms with Crippen LogP contribution in [0.1, 0.15) is 181 Å². The summed E-state index contributed by atoms with van der Waals surface area (Å²) < 4.78 is 35.8. The fourth-order valence-corrected chi connectivity index (χ4v) is 17.5. The van der Waals surface area contributed by atoms with Crippen LogP contribution in [0.2, 0.25) is 0 Å². The third-order valence-electron chi connectivity index (χ3n) is 23.3. The first kappa shape index (κ1) is 84.7. The zero-order valence-corrected chi connectivity index (χ0v) is 65.6. The number of methoxy groups -OCH3 is 1. The van der Waals surface area contributed by atoms with Crippen LogP contribution in [0.5, 0.6) is 11.5 Å². The Kier molecular flexibility index (Phi) is 35.7. The summed E-state index contributed by atoms with van der Waals surface area (Å²) in [6.07, 6.45) is 16.1. The summed E-state index contributed by atoms with van der Waals surface area (Å²) in [5.74, 6) is 7.79. The fraction of sp³-hybridized carbons (Fsp3) is 0.667. The van der Waals surface area contributed by atoms with E-state index in [1.54, 1.807) is 7.11 Å². The summed E-state index contributed by atoms with van der Waals surface area (Å²) in [6, 6.07) is 44.2. The normalized spacial score (nSPS) is 26.3. The van der Waals surface area contributed by atoms with E-state index in [2.05, 4.69) is 204 Å². The van der Waals surface area contributed by atoms with Crippen LogP contribution in [0.3, 0.4) is 0 Å². The minimum Gasteiger partial charge on any atom is -0.497 e. The van der Waals surface area contributed by atoms with Crippen LogP contribution >= 0.6 is 0 Å². The Morgan fingerprint density at radius 3 is 1.38 bits per heavy atom. The van der Waals surface area contributed by atoms with Crippen LogP contribution in [-0.4, -0.2) is 177 Å². The van der Waals surface area contributed by atoms with Gasteiger partial charge >= 0.3 is 0 Å². The summed E-state index contributed by atoms with van der Waals surface area (Å²) in [4.78, 5) is 9.52. The zero-order chi connectivity index (χ0) is 73.2. The third kappa shape index (κ3) is 27.6. The van der Waals surface area contributed by atoms with E-state index in [9.17, 15) is 15.3 Å². The van der Waals surface area contributed by atoms with Crippen molar-refractivity contribution in [1.82, 2.24) is 20.0 Å². The highest BCUT2D eigenvalue weighted by molar-refractivity contribution is 5.55. The molecule has 0 radical (unpaired) electrons. The topological polar surface area (TPSA) is 141 Å². The Balaban J connectivity index is 0.000000176. The molecule has 580 valence electrons. The number of ether oxygens (including phenoxy) is 6. The van der Waals surface area contributed by atoms with E-state index in [1.165, 1.54) is 90.4 Å². The lowest BCUT2D eigenvalue weighted by Gasteiger charge is -2.39. The number of aliphatic hydroxyl groups is 3. The number of hydrogen-bond acceptors (Lipinski definition) is 14. The molecule has 0 spiro atoms. The second-order valence-corrected chi connectivity index (χ2v) is 33.3. The SMILES string of the molecule is C.CC1CCC(C(C)C)C(OCC(CN2CC(C)OC(C)C2)NCc2ccccc2)C1.CC1CCC(C(C)C)C(OCC(O)CN2CCCc3ccccc32)C1.CC1CCC(C(C)C)C(OCC(O)CN2CCc3ccccc3C2)C1.COc1ccc(OCC(O)CN2CCc3ccccc3C2)cc1. The molecule has 4 aliphatic heterocycles. The van der Waals surface area contributed by atoms with Crippen molar-refractivity contribution in [3.8, 4) is 11.5 Å². The van der Waals surface area contributed by atoms with E-state index in [-0.39, 0.29) is 7.43 Å². The minimum absolute atomic E-state index is 0. The number of β-amino-alcohol motifs (C(OH)–C–C–N with tert-alkyl or cyclic N) is 3. The van der Waals surface area contributed by atoms with Gasteiger partial charge < -0.3 is 54.0 Å². The average molecular weight is 1440 g/mol. The molecule has 104 heavy (non-hydrogen) atoms. The van der Waals surface area contributed by atoms with Gasteiger partial charge in [-0.3, -0.25) is 14.7 Å². The molecule has 4 N–H and O–H groups in total. The summed E-state index contributed by atoms with van der Waals surface area (Å²) in [5.41, 5.74) is 9.68. The molecule has 4 fully saturated rings. The van der Waals surface area contributed by atoms with Gasteiger partial charge in [-0.2, -0.15) is 0 Å². The smallest absolute Gasteiger partial charge is 0.119 e. The van der Waals surface area contributed by atoms with Gasteiger partial charge in [0.1, 0.15) is 24.2 Å². The minimum atomic E-state index is -0.498. The standard InChI is InChI=1S/C26H44N2O2.2C22H35NO2.C19H23NO3.CH4/c1-19(2)25-12-11-20(3)13-26(25)29-18-24(27-14-23-9-7-6-8-10-23)17-28-15-21(4)30-22(5)16-28;1-16(2)20-11-10-17(3)13-22(20)25-15-19(24)14-23-12-6-8-18-7-4-5-9-21(18)23;1-16(2)21-9-8-17(3)12-22(21)25-15-20(24)14-23-11-10-18-6-4-5-7-19(18)13-23;1-22-18-6-8-19(9-7-18)23-14-17(21)13-20-11-10-15-4-2-3-5-16(15)12-20;/h6-10,19-22,24-27H,11-18H2,1-5H3;4-5,7,9,16-17,19-20,22,24H,6,8,10-15H2,1-3H3;4-7,16-17,20-22,24H,8-15H2,1-3H3;2-9,17,21H,10-14H2,1H3;1H4. The molecule has 5 aromatic carbocycles. The molecular weight excluding hydrogens is 1300 g/mol. The van der Waals surface area contributed by atoms with Crippen molar-refractivity contribution in [3.05, 3.63) is 161 Å². The molecule has 15 atom stereocenters. The molecule has 0 bridgehead atoms. The predicted molar refractivity (Wildman–Crippen MR) is 428 cm³/mol. The molecule has 14 heteroatoms. The molecule has 1 saturated heterocycles. The van der Waals surface area contributed by atoms with Gasteiger partial charge in [-0.05, 0) is 195 Å². The van der Waals surface area contributed by atoms with Gasteiger partial charge in [-0.1, -0.05) is 186 Å². The maximum atomic E-state index is 10.6. The second kappa shape index (κ2) is 43.9. The number of fused-ring (bicyclic) bond motifs is 3. The highest BCUT2D eigenvalue weighted by Crippen LogP contribution is 2.39. The van der Waals surface area contributed by atoms with E-state index in [1.807, 2.05) is 24.3 Å². The van der Waals surface area contributed by atoms with Gasteiger partial charge in [0.25, 0.3) is 0 Å². The Bertz CT molecular complexity index is 3140.